The van der Waals surface area contributed by atoms with Gasteiger partial charge in [0.15, 0.2) is 5.13 Å². The van der Waals surface area contributed by atoms with Crippen LogP contribution in [0.1, 0.15) is 45.6 Å². The molecule has 2 heterocycles. The number of amides is 2. The third-order valence-electron chi connectivity index (χ3n) is 5.81. The maximum Gasteiger partial charge on any atom is 0.229 e. The van der Waals surface area contributed by atoms with E-state index in [1.807, 2.05) is 19.1 Å². The molecule has 1 aromatic carbocycles. The zero-order valence-corrected chi connectivity index (χ0v) is 16.6. The van der Waals surface area contributed by atoms with Gasteiger partial charge in [-0.1, -0.05) is 38.2 Å². The molecular weight excluding hydrogens is 346 g/mol. The molecular formula is C20H25N3O2S. The molecule has 2 aliphatic rings. The SMILES string of the molecule is Cc1ccc2nc(N3CC(C(=O)NC4(C(C)(C)C)CC4)CC3=O)sc2c1. The van der Waals surface area contributed by atoms with Gasteiger partial charge >= 0.3 is 0 Å². The van der Waals surface area contributed by atoms with Crippen LogP contribution in [-0.2, 0) is 9.59 Å². The number of hydrogen-bond donors (Lipinski definition) is 1. The second kappa shape index (κ2) is 5.78. The first-order valence-electron chi connectivity index (χ1n) is 9.18. The number of benzene rings is 1. The Kier molecular flexibility index (Phi) is 3.88. The number of nitrogens with one attached hydrogen (secondary N) is 1. The van der Waals surface area contributed by atoms with E-state index in [0.29, 0.717) is 11.7 Å². The number of nitrogens with zero attached hydrogens (tertiary/aromatic N) is 2. The second-order valence-corrected chi connectivity index (χ2v) is 9.70. The summed E-state index contributed by atoms with van der Waals surface area (Å²) >= 11 is 1.52. The molecule has 1 unspecified atom stereocenters. The molecule has 2 amide bonds. The number of aromatic nitrogens is 1. The van der Waals surface area contributed by atoms with Gasteiger partial charge in [0, 0.05) is 18.5 Å². The van der Waals surface area contributed by atoms with Crippen LogP contribution in [0, 0.1) is 18.3 Å². The lowest BCUT2D eigenvalue weighted by atomic mass is 9.83. The van der Waals surface area contributed by atoms with Crippen LogP contribution in [0.15, 0.2) is 18.2 Å². The van der Waals surface area contributed by atoms with Crippen molar-refractivity contribution < 1.29 is 9.59 Å². The highest BCUT2D eigenvalue weighted by atomic mass is 32.1. The molecule has 1 saturated heterocycles. The van der Waals surface area contributed by atoms with Gasteiger partial charge in [-0.05, 0) is 42.9 Å². The molecule has 1 aliphatic heterocycles. The van der Waals surface area contributed by atoms with Crippen molar-refractivity contribution >= 4 is 38.5 Å². The molecule has 1 aliphatic carbocycles. The van der Waals surface area contributed by atoms with Gasteiger partial charge in [0.2, 0.25) is 11.8 Å². The van der Waals surface area contributed by atoms with Crippen molar-refractivity contribution in [2.24, 2.45) is 11.3 Å². The fourth-order valence-electron chi connectivity index (χ4n) is 3.73. The van der Waals surface area contributed by atoms with E-state index in [4.69, 9.17) is 0 Å². The number of rotatable bonds is 3. The minimum absolute atomic E-state index is 0.00484. The summed E-state index contributed by atoms with van der Waals surface area (Å²) in [5.41, 5.74) is 2.01. The van der Waals surface area contributed by atoms with Crippen molar-refractivity contribution in [3.63, 3.8) is 0 Å². The summed E-state index contributed by atoms with van der Waals surface area (Å²) in [6.45, 7) is 8.95. The van der Waals surface area contributed by atoms with Gasteiger partial charge in [-0.3, -0.25) is 14.5 Å². The fourth-order valence-corrected chi connectivity index (χ4v) is 4.82. The number of carbonyl (C=O) groups excluding carboxylic acids is 2. The Morgan fingerprint density at radius 1 is 1.35 bits per heavy atom. The molecule has 0 spiro atoms. The Morgan fingerprint density at radius 2 is 2.08 bits per heavy atom. The molecule has 1 saturated carbocycles. The molecule has 2 fully saturated rings. The van der Waals surface area contributed by atoms with Crippen LogP contribution < -0.4 is 10.2 Å². The van der Waals surface area contributed by atoms with Crippen LogP contribution in [-0.4, -0.2) is 28.9 Å². The van der Waals surface area contributed by atoms with Crippen molar-refractivity contribution in [1.82, 2.24) is 10.3 Å². The molecule has 5 nitrogen and oxygen atoms in total. The summed E-state index contributed by atoms with van der Waals surface area (Å²) < 4.78 is 1.07. The predicted molar refractivity (Wildman–Crippen MR) is 104 cm³/mol. The van der Waals surface area contributed by atoms with Gasteiger partial charge in [0.1, 0.15) is 0 Å². The molecule has 1 aromatic heterocycles. The monoisotopic (exact) mass is 371 g/mol. The summed E-state index contributed by atoms with van der Waals surface area (Å²) in [5.74, 6) is -0.303. The van der Waals surface area contributed by atoms with Gasteiger partial charge < -0.3 is 5.32 Å². The number of aryl methyl sites for hydroxylation is 1. The molecule has 26 heavy (non-hydrogen) atoms. The van der Waals surface area contributed by atoms with Gasteiger partial charge in [0.05, 0.1) is 16.1 Å². The van der Waals surface area contributed by atoms with Crippen molar-refractivity contribution in [3.8, 4) is 0 Å². The molecule has 2 aromatic rings. The number of anilines is 1. The molecule has 0 radical (unpaired) electrons. The fraction of sp³-hybridized carbons (Fsp3) is 0.550. The minimum atomic E-state index is -0.295. The molecule has 138 valence electrons. The first kappa shape index (κ1) is 17.5. The van der Waals surface area contributed by atoms with E-state index in [1.165, 1.54) is 16.9 Å². The van der Waals surface area contributed by atoms with E-state index in [9.17, 15) is 9.59 Å². The van der Waals surface area contributed by atoms with E-state index >= 15 is 0 Å². The highest BCUT2D eigenvalue weighted by Crippen LogP contribution is 2.49. The summed E-state index contributed by atoms with van der Waals surface area (Å²) in [4.78, 5) is 31.6. The van der Waals surface area contributed by atoms with Crippen LogP contribution in [0.3, 0.4) is 0 Å². The highest BCUT2D eigenvalue weighted by molar-refractivity contribution is 7.22. The lowest BCUT2D eigenvalue weighted by Gasteiger charge is -2.32. The highest BCUT2D eigenvalue weighted by Gasteiger charge is 2.54. The van der Waals surface area contributed by atoms with E-state index < -0.39 is 0 Å². The van der Waals surface area contributed by atoms with Crippen LogP contribution in [0.2, 0.25) is 0 Å². The summed E-state index contributed by atoms with van der Waals surface area (Å²) in [7, 11) is 0. The Labute approximate surface area is 157 Å². The standard InChI is InChI=1S/C20H25N3O2S/c1-12-5-6-14-15(9-12)26-18(21-14)23-11-13(10-16(23)24)17(25)22-20(7-8-20)19(2,3)4/h5-6,9,13H,7-8,10-11H2,1-4H3,(H,22,25). The third-order valence-corrected chi connectivity index (χ3v) is 6.85. The number of fused-ring (bicyclic) bond motifs is 1. The zero-order chi connectivity index (χ0) is 18.7. The van der Waals surface area contributed by atoms with Gasteiger partial charge in [-0.15, -0.1) is 0 Å². The smallest absolute Gasteiger partial charge is 0.229 e. The topological polar surface area (TPSA) is 62.3 Å². The predicted octanol–water partition coefficient (Wildman–Crippen LogP) is 3.65. The molecule has 6 heteroatoms. The second-order valence-electron chi connectivity index (χ2n) is 8.69. The largest absolute Gasteiger partial charge is 0.350 e. The summed E-state index contributed by atoms with van der Waals surface area (Å²) in [5, 5.41) is 3.94. The van der Waals surface area contributed by atoms with Crippen LogP contribution in [0.25, 0.3) is 10.2 Å². The minimum Gasteiger partial charge on any atom is -0.350 e. The number of carbonyl (C=O) groups is 2. The average molecular weight is 372 g/mol. The molecule has 0 bridgehead atoms. The van der Waals surface area contributed by atoms with E-state index in [0.717, 1.165) is 23.1 Å². The van der Waals surface area contributed by atoms with Crippen molar-refractivity contribution in [2.75, 3.05) is 11.4 Å². The molecule has 1 atom stereocenters. The normalized spacial score (nSPS) is 22.1. The maximum absolute atomic E-state index is 12.8. The Bertz CT molecular complexity index is 892. The van der Waals surface area contributed by atoms with Gasteiger partial charge in [-0.2, -0.15) is 0 Å². The van der Waals surface area contributed by atoms with E-state index in [1.54, 1.807) is 4.90 Å². The first-order valence-corrected chi connectivity index (χ1v) is 10.00. The van der Waals surface area contributed by atoms with E-state index in [2.05, 4.69) is 37.1 Å². The lowest BCUT2D eigenvalue weighted by molar-refractivity contribution is -0.128. The Hall–Kier alpha value is -1.95. The van der Waals surface area contributed by atoms with Crippen molar-refractivity contribution in [2.45, 2.75) is 52.5 Å². The van der Waals surface area contributed by atoms with Crippen LogP contribution in [0.4, 0.5) is 5.13 Å². The number of thiazole rings is 1. The molecule has 1 N–H and O–H groups in total. The zero-order valence-electron chi connectivity index (χ0n) is 15.8. The summed E-state index contributed by atoms with van der Waals surface area (Å²) in [6.07, 6.45) is 2.30. The van der Waals surface area contributed by atoms with Gasteiger partial charge in [0.25, 0.3) is 0 Å². The van der Waals surface area contributed by atoms with Crippen LogP contribution >= 0.6 is 11.3 Å². The number of hydrogen-bond acceptors (Lipinski definition) is 4. The average Bonchev–Trinajstić information content (AvgIpc) is 3.07. The Morgan fingerprint density at radius 3 is 2.73 bits per heavy atom. The van der Waals surface area contributed by atoms with Crippen molar-refractivity contribution in [1.29, 1.82) is 0 Å². The van der Waals surface area contributed by atoms with Gasteiger partial charge in [-0.25, -0.2) is 4.98 Å². The van der Waals surface area contributed by atoms with Crippen LogP contribution in [0.5, 0.6) is 0 Å². The van der Waals surface area contributed by atoms with Crippen molar-refractivity contribution in [3.05, 3.63) is 23.8 Å². The quantitative estimate of drug-likeness (QED) is 0.896. The lowest BCUT2D eigenvalue weighted by Crippen LogP contribution is -2.48. The first-order chi connectivity index (χ1) is 12.2. The Balaban J connectivity index is 1.50. The van der Waals surface area contributed by atoms with E-state index in [-0.39, 0.29) is 35.1 Å². The summed E-state index contributed by atoms with van der Waals surface area (Å²) in [6, 6.07) is 6.09. The molecule has 4 rings (SSSR count). The third kappa shape index (κ3) is 2.90. The maximum atomic E-state index is 12.8.